The number of fused-ring (bicyclic) bond motifs is 1. The van der Waals surface area contributed by atoms with E-state index in [0.717, 1.165) is 0 Å². The number of rotatable bonds is 8. The van der Waals surface area contributed by atoms with E-state index in [4.69, 9.17) is 18.9 Å². The number of aliphatic carboxylic acids is 1. The number of esters is 1. The average molecular weight is 519 g/mol. The molecule has 0 radical (unpaired) electrons. The molecule has 3 heterocycles. The molecule has 37 heavy (non-hydrogen) atoms. The van der Waals surface area contributed by atoms with Gasteiger partial charge < -0.3 is 44.4 Å². The van der Waals surface area contributed by atoms with Crippen LogP contribution in [0.1, 0.15) is 26.2 Å². The lowest BCUT2D eigenvalue weighted by atomic mass is 9.73. The summed E-state index contributed by atoms with van der Waals surface area (Å²) in [6, 6.07) is 1.72. The van der Waals surface area contributed by atoms with Gasteiger partial charge in [-0.15, -0.1) is 6.58 Å². The zero-order valence-electron chi connectivity index (χ0n) is 20.6. The highest BCUT2D eigenvalue weighted by atomic mass is 16.7. The summed E-state index contributed by atoms with van der Waals surface area (Å²) in [6.45, 7) is 4.90. The van der Waals surface area contributed by atoms with Gasteiger partial charge in [-0.25, -0.2) is 4.79 Å². The number of carbonyl (C=O) groups excluding carboxylic acids is 1. The molecule has 1 saturated heterocycles. The molecule has 1 aliphatic carbocycles. The minimum atomic E-state index is -1.98. The molecule has 0 unspecified atom stereocenters. The minimum absolute atomic E-state index is 0.00463. The maximum atomic E-state index is 12.3. The van der Waals surface area contributed by atoms with E-state index in [0.29, 0.717) is 10.6 Å². The van der Waals surface area contributed by atoms with Crippen molar-refractivity contribution in [1.29, 1.82) is 0 Å². The SMILES string of the molecule is C=C[C@@H]1[C@H](CC(=O)O)C(C(=O)OC)=CC[C@H]1O[C@@H]1O[C@H](CO)[C@]2(C=c3cc[n-]c3=CO2)[C@H](O)[C@]1(O)CC. The molecule has 4 N–H and O–H groups in total. The number of carboxylic acids is 1. The second kappa shape index (κ2) is 10.4. The van der Waals surface area contributed by atoms with E-state index in [-0.39, 0.29) is 24.8 Å². The standard InChI is InChI=1S/C26H32NO10/c1-4-15-17(10-21(29)30)16(22(31)34-3)6-7-19(15)36-24-25(33,5-2)23(32)26(20(12-28)37-24)11-14-8-9-27-18(14)13-35-26/h4,6,8-9,11,13,15,17,19-20,23-24,28,32-33H,1,5,7,10,12H2,2-3H3,(H,29,30)/q-1/t15-,17+,19-,20-,23-,24-,25-,26-/m1/s1. The topological polar surface area (TPSA) is 166 Å². The molecule has 1 spiro atoms. The molecule has 1 aromatic heterocycles. The van der Waals surface area contributed by atoms with Crippen LogP contribution in [0.5, 0.6) is 0 Å². The van der Waals surface area contributed by atoms with Crippen molar-refractivity contribution in [3.63, 3.8) is 0 Å². The first kappa shape index (κ1) is 27.1. The lowest BCUT2D eigenvalue weighted by Gasteiger charge is -2.55. The number of methoxy groups -OCH3 is 1. The molecule has 3 aliphatic rings. The van der Waals surface area contributed by atoms with Gasteiger partial charge in [-0.1, -0.05) is 30.5 Å². The maximum absolute atomic E-state index is 12.3. The molecule has 11 heteroatoms. The zero-order chi connectivity index (χ0) is 27.0. The van der Waals surface area contributed by atoms with Crippen molar-refractivity contribution in [2.45, 2.75) is 62.0 Å². The molecule has 2 aliphatic heterocycles. The Hall–Kier alpha value is -2.96. The zero-order valence-corrected chi connectivity index (χ0v) is 20.6. The lowest BCUT2D eigenvalue weighted by molar-refractivity contribution is -0.364. The molecular weight excluding hydrogens is 486 g/mol. The van der Waals surface area contributed by atoms with Crippen molar-refractivity contribution in [2.75, 3.05) is 13.7 Å². The van der Waals surface area contributed by atoms with Crippen LogP contribution in [0.15, 0.2) is 36.6 Å². The fourth-order valence-electron chi connectivity index (χ4n) is 5.52. The monoisotopic (exact) mass is 518 g/mol. The van der Waals surface area contributed by atoms with Crippen LogP contribution in [0.2, 0.25) is 0 Å². The Bertz CT molecular complexity index is 1190. The summed E-state index contributed by atoms with van der Waals surface area (Å²) in [5.41, 5.74) is -3.39. The molecule has 202 valence electrons. The van der Waals surface area contributed by atoms with Gasteiger partial charge in [0.15, 0.2) is 11.9 Å². The van der Waals surface area contributed by atoms with Crippen LogP contribution >= 0.6 is 0 Å². The number of carboxylic acid groups (broad SMARTS) is 1. The second-order valence-corrected chi connectivity index (χ2v) is 9.48. The van der Waals surface area contributed by atoms with Crippen LogP contribution in [-0.2, 0) is 28.5 Å². The first-order chi connectivity index (χ1) is 17.6. The van der Waals surface area contributed by atoms with Crippen molar-refractivity contribution in [2.24, 2.45) is 11.8 Å². The first-order valence-corrected chi connectivity index (χ1v) is 12.1. The van der Waals surface area contributed by atoms with Gasteiger partial charge in [-0.05, 0) is 24.1 Å². The van der Waals surface area contributed by atoms with E-state index in [1.54, 1.807) is 31.3 Å². The smallest absolute Gasteiger partial charge is 0.333 e. The summed E-state index contributed by atoms with van der Waals surface area (Å²) in [5, 5.41) is 44.1. The van der Waals surface area contributed by atoms with E-state index in [1.165, 1.54) is 19.4 Å². The Kier molecular flexibility index (Phi) is 7.63. The van der Waals surface area contributed by atoms with Crippen LogP contribution in [0.3, 0.4) is 0 Å². The van der Waals surface area contributed by atoms with Crippen LogP contribution in [0.4, 0.5) is 0 Å². The number of nitrogens with zero attached hydrogens (tertiary/aromatic N) is 1. The Morgan fingerprint density at radius 2 is 2.14 bits per heavy atom. The number of aromatic nitrogens is 1. The Morgan fingerprint density at radius 3 is 2.76 bits per heavy atom. The Labute approximate surface area is 213 Å². The highest BCUT2D eigenvalue weighted by molar-refractivity contribution is 5.90. The number of ether oxygens (including phenoxy) is 4. The summed E-state index contributed by atoms with van der Waals surface area (Å²) in [6.07, 6.45) is 2.47. The Balaban J connectivity index is 1.68. The van der Waals surface area contributed by atoms with Crippen LogP contribution in [-0.4, -0.2) is 81.9 Å². The normalized spacial score (nSPS) is 36.8. The summed E-state index contributed by atoms with van der Waals surface area (Å²) in [5.74, 6) is -3.20. The first-order valence-electron chi connectivity index (χ1n) is 12.1. The van der Waals surface area contributed by atoms with Gasteiger partial charge in [0.25, 0.3) is 0 Å². The van der Waals surface area contributed by atoms with E-state index < -0.39 is 66.2 Å². The number of aliphatic hydroxyl groups excluding tert-OH is 2. The van der Waals surface area contributed by atoms with Crippen LogP contribution in [0, 0.1) is 11.8 Å². The van der Waals surface area contributed by atoms with Gasteiger partial charge in [0.1, 0.15) is 17.8 Å². The van der Waals surface area contributed by atoms with Crippen molar-refractivity contribution < 1.29 is 49.0 Å². The molecule has 0 saturated carbocycles. The highest BCUT2D eigenvalue weighted by Gasteiger charge is 2.64. The third-order valence-electron chi connectivity index (χ3n) is 7.60. The van der Waals surface area contributed by atoms with Gasteiger partial charge in [-0.2, -0.15) is 6.20 Å². The predicted octanol–water partition coefficient (Wildman–Crippen LogP) is -1.07. The fourth-order valence-corrected chi connectivity index (χ4v) is 5.52. The van der Waals surface area contributed by atoms with Gasteiger partial charge in [0, 0.05) is 17.4 Å². The third-order valence-corrected chi connectivity index (χ3v) is 7.60. The molecular formula is C26H32NO10-. The molecule has 4 rings (SSSR count). The summed E-state index contributed by atoms with van der Waals surface area (Å²) in [4.78, 5) is 28.1. The third kappa shape index (κ3) is 4.51. The van der Waals surface area contributed by atoms with Crippen molar-refractivity contribution in [3.8, 4) is 0 Å². The van der Waals surface area contributed by atoms with Crippen molar-refractivity contribution in [3.05, 3.63) is 47.1 Å². The average Bonchev–Trinajstić information content (AvgIpc) is 3.36. The molecule has 1 aromatic rings. The molecule has 1 fully saturated rings. The largest absolute Gasteiger partial charge is 0.661 e. The lowest BCUT2D eigenvalue weighted by Crippen LogP contribution is -2.74. The summed E-state index contributed by atoms with van der Waals surface area (Å²) >= 11 is 0. The highest BCUT2D eigenvalue weighted by Crippen LogP contribution is 2.45. The predicted molar refractivity (Wildman–Crippen MR) is 128 cm³/mol. The fraction of sp³-hybridized carbons (Fsp3) is 0.538. The van der Waals surface area contributed by atoms with Crippen molar-refractivity contribution in [1.82, 2.24) is 4.98 Å². The van der Waals surface area contributed by atoms with Crippen molar-refractivity contribution >= 4 is 24.3 Å². The molecule has 11 nitrogen and oxygen atoms in total. The summed E-state index contributed by atoms with van der Waals surface area (Å²) < 4.78 is 23.0. The van der Waals surface area contributed by atoms with E-state index in [9.17, 15) is 30.0 Å². The molecule has 8 atom stereocenters. The van der Waals surface area contributed by atoms with Crippen LogP contribution in [0.25, 0.3) is 12.3 Å². The molecule has 0 bridgehead atoms. The number of hydrogen-bond acceptors (Lipinski definition) is 9. The van der Waals surface area contributed by atoms with Gasteiger partial charge in [0.2, 0.25) is 0 Å². The Morgan fingerprint density at radius 1 is 1.38 bits per heavy atom. The van der Waals surface area contributed by atoms with Gasteiger partial charge in [0.05, 0.1) is 32.5 Å². The minimum Gasteiger partial charge on any atom is -0.661 e. The number of aliphatic hydroxyl groups is 3. The van der Waals surface area contributed by atoms with E-state index in [1.807, 2.05) is 0 Å². The summed E-state index contributed by atoms with van der Waals surface area (Å²) in [7, 11) is 1.21. The number of carbonyl (C=O) groups is 2. The van der Waals surface area contributed by atoms with Crippen LogP contribution < -0.4 is 15.6 Å². The molecule has 0 amide bonds. The van der Waals surface area contributed by atoms with Gasteiger partial charge >= 0.3 is 11.9 Å². The maximum Gasteiger partial charge on any atom is 0.333 e. The second-order valence-electron chi connectivity index (χ2n) is 9.48. The molecule has 0 aromatic carbocycles. The number of hydrogen-bond donors (Lipinski definition) is 4. The van der Waals surface area contributed by atoms with E-state index >= 15 is 0 Å². The van der Waals surface area contributed by atoms with Gasteiger partial charge in [-0.3, -0.25) is 4.79 Å². The quantitative estimate of drug-likeness (QED) is 0.245. The van der Waals surface area contributed by atoms with E-state index in [2.05, 4.69) is 11.6 Å².